The zero-order chi connectivity index (χ0) is 9.57. The first-order chi connectivity index (χ1) is 5.30. The van der Waals surface area contributed by atoms with Crippen molar-refractivity contribution in [3.63, 3.8) is 0 Å². The fourth-order valence-electron chi connectivity index (χ4n) is 1.50. The van der Waals surface area contributed by atoms with E-state index in [0.717, 1.165) is 6.42 Å². The zero-order valence-corrected chi connectivity index (χ0v) is 8.98. The van der Waals surface area contributed by atoms with Crippen LogP contribution in [-0.2, 0) is 10.0 Å². The molecular weight excluding hydrogens is 174 g/mol. The summed E-state index contributed by atoms with van der Waals surface area (Å²) in [5.74, 6) is 0.249. The van der Waals surface area contributed by atoms with Crippen molar-refractivity contribution in [3.8, 4) is 0 Å². The van der Waals surface area contributed by atoms with E-state index in [4.69, 9.17) is 0 Å². The number of hydrogen-bond donors (Lipinski definition) is 0. The van der Waals surface area contributed by atoms with Gasteiger partial charge < -0.3 is 0 Å². The molecule has 1 atom stereocenters. The maximum Gasteiger partial charge on any atom is 0.219 e. The highest BCUT2D eigenvalue weighted by Gasteiger charge is 2.45. The Kier molecular flexibility index (Phi) is 2.25. The van der Waals surface area contributed by atoms with Crippen LogP contribution in [0.2, 0.25) is 0 Å². The third-order valence-electron chi connectivity index (χ3n) is 3.14. The molecule has 0 bridgehead atoms. The molecule has 1 saturated heterocycles. The van der Waals surface area contributed by atoms with Crippen LogP contribution < -0.4 is 0 Å². The van der Waals surface area contributed by atoms with Gasteiger partial charge in [-0.15, -0.1) is 0 Å². The molecule has 1 fully saturated rings. The summed E-state index contributed by atoms with van der Waals surface area (Å²) >= 11 is 0. The molecule has 0 aromatic carbocycles. The Morgan fingerprint density at radius 2 is 1.92 bits per heavy atom. The van der Waals surface area contributed by atoms with E-state index in [1.807, 2.05) is 20.8 Å². The standard InChI is InChI=1S/C8H17NO2S/c1-7-5-6-9(4)12(10,11)8(7,2)3/h7H,5-6H2,1-4H3. The van der Waals surface area contributed by atoms with Crippen molar-refractivity contribution < 1.29 is 8.42 Å². The smallest absolute Gasteiger partial charge is 0.212 e. The molecule has 0 saturated carbocycles. The van der Waals surface area contributed by atoms with Crippen LogP contribution in [0, 0.1) is 5.92 Å². The summed E-state index contributed by atoms with van der Waals surface area (Å²) < 4.78 is 24.4. The lowest BCUT2D eigenvalue weighted by Gasteiger charge is -2.40. The van der Waals surface area contributed by atoms with Crippen LogP contribution in [0.4, 0.5) is 0 Å². The van der Waals surface area contributed by atoms with Gasteiger partial charge in [0.1, 0.15) is 0 Å². The maximum atomic E-state index is 11.8. The van der Waals surface area contributed by atoms with E-state index in [2.05, 4.69) is 0 Å². The van der Waals surface area contributed by atoms with Gasteiger partial charge in [0.2, 0.25) is 10.0 Å². The zero-order valence-electron chi connectivity index (χ0n) is 8.16. The molecule has 0 aromatic heterocycles. The topological polar surface area (TPSA) is 37.4 Å². The second-order valence-corrected chi connectivity index (χ2v) is 6.75. The Labute approximate surface area is 74.8 Å². The lowest BCUT2D eigenvalue weighted by atomic mass is 9.93. The quantitative estimate of drug-likeness (QED) is 0.574. The Morgan fingerprint density at radius 1 is 1.42 bits per heavy atom. The van der Waals surface area contributed by atoms with Crippen molar-refractivity contribution >= 4 is 10.0 Å². The van der Waals surface area contributed by atoms with Gasteiger partial charge in [-0.1, -0.05) is 6.92 Å². The van der Waals surface area contributed by atoms with Crippen LogP contribution in [0.15, 0.2) is 0 Å². The third-order valence-corrected chi connectivity index (χ3v) is 5.87. The number of sulfonamides is 1. The SMILES string of the molecule is CC1CCN(C)S(=O)(=O)C1(C)C. The molecule has 0 spiro atoms. The molecule has 1 rings (SSSR count). The van der Waals surface area contributed by atoms with Gasteiger partial charge in [-0.3, -0.25) is 0 Å². The van der Waals surface area contributed by atoms with E-state index in [1.165, 1.54) is 4.31 Å². The van der Waals surface area contributed by atoms with E-state index in [1.54, 1.807) is 7.05 Å². The van der Waals surface area contributed by atoms with E-state index >= 15 is 0 Å². The first kappa shape index (κ1) is 9.99. The Morgan fingerprint density at radius 3 is 2.33 bits per heavy atom. The molecule has 0 amide bonds. The first-order valence-electron chi connectivity index (χ1n) is 4.26. The summed E-state index contributed by atoms with van der Waals surface area (Å²) in [7, 11) is -1.40. The largest absolute Gasteiger partial charge is 0.219 e. The monoisotopic (exact) mass is 191 g/mol. The molecule has 4 heteroatoms. The van der Waals surface area contributed by atoms with Crippen molar-refractivity contribution in [1.82, 2.24) is 4.31 Å². The molecular formula is C8H17NO2S. The summed E-state index contributed by atoms with van der Waals surface area (Å²) in [4.78, 5) is 0. The minimum Gasteiger partial charge on any atom is -0.212 e. The van der Waals surface area contributed by atoms with Gasteiger partial charge in [0.05, 0.1) is 4.75 Å². The van der Waals surface area contributed by atoms with E-state index in [9.17, 15) is 8.42 Å². The van der Waals surface area contributed by atoms with E-state index in [-0.39, 0.29) is 5.92 Å². The van der Waals surface area contributed by atoms with E-state index < -0.39 is 14.8 Å². The van der Waals surface area contributed by atoms with Crippen LogP contribution in [0.3, 0.4) is 0 Å². The summed E-state index contributed by atoms with van der Waals surface area (Å²) in [6.07, 6.45) is 0.961. The summed E-state index contributed by atoms with van der Waals surface area (Å²) in [5, 5.41) is 0. The predicted octanol–water partition coefficient (Wildman–Crippen LogP) is 1.07. The van der Waals surface area contributed by atoms with Crippen LogP contribution in [0.5, 0.6) is 0 Å². The van der Waals surface area contributed by atoms with Crippen molar-refractivity contribution in [2.24, 2.45) is 5.92 Å². The molecule has 72 valence electrons. The van der Waals surface area contributed by atoms with Gasteiger partial charge in [0.25, 0.3) is 0 Å². The van der Waals surface area contributed by atoms with Gasteiger partial charge in [-0.05, 0) is 26.2 Å². The average molecular weight is 191 g/mol. The lowest BCUT2D eigenvalue weighted by molar-refractivity contribution is 0.302. The van der Waals surface area contributed by atoms with E-state index in [0.29, 0.717) is 6.54 Å². The number of nitrogens with zero attached hydrogens (tertiary/aromatic N) is 1. The minimum atomic E-state index is -3.06. The summed E-state index contributed by atoms with van der Waals surface area (Å²) in [6.45, 7) is 6.28. The summed E-state index contributed by atoms with van der Waals surface area (Å²) in [6, 6.07) is 0. The molecule has 1 aliphatic rings. The van der Waals surface area contributed by atoms with Gasteiger partial charge in [0, 0.05) is 13.6 Å². The van der Waals surface area contributed by atoms with Gasteiger partial charge in [-0.2, -0.15) is 0 Å². The number of hydrogen-bond acceptors (Lipinski definition) is 2. The third kappa shape index (κ3) is 1.17. The second-order valence-electron chi connectivity index (χ2n) is 4.12. The normalized spacial score (nSPS) is 34.8. The number of rotatable bonds is 0. The first-order valence-corrected chi connectivity index (χ1v) is 5.70. The molecule has 1 unspecified atom stereocenters. The Balaban J connectivity index is 3.10. The molecule has 3 nitrogen and oxygen atoms in total. The lowest BCUT2D eigenvalue weighted by Crippen LogP contribution is -2.52. The highest BCUT2D eigenvalue weighted by molar-refractivity contribution is 7.90. The minimum absolute atomic E-state index is 0.249. The van der Waals surface area contributed by atoms with Gasteiger partial charge in [0.15, 0.2) is 0 Å². The second kappa shape index (κ2) is 2.70. The Bertz CT molecular complexity index is 269. The average Bonchev–Trinajstić information content (AvgIpc) is 1.96. The summed E-state index contributed by atoms with van der Waals surface area (Å²) in [5.41, 5.74) is 0. The van der Waals surface area contributed by atoms with Gasteiger partial charge in [-0.25, -0.2) is 12.7 Å². The highest BCUT2D eigenvalue weighted by atomic mass is 32.2. The van der Waals surface area contributed by atoms with Crippen LogP contribution in [0.1, 0.15) is 27.2 Å². The molecule has 0 aliphatic carbocycles. The fraction of sp³-hybridized carbons (Fsp3) is 1.00. The maximum absolute atomic E-state index is 11.8. The molecule has 1 heterocycles. The fourth-order valence-corrected chi connectivity index (χ4v) is 3.27. The van der Waals surface area contributed by atoms with Crippen molar-refractivity contribution in [3.05, 3.63) is 0 Å². The van der Waals surface area contributed by atoms with Crippen molar-refractivity contribution in [2.75, 3.05) is 13.6 Å². The Hall–Kier alpha value is -0.0900. The molecule has 1 aliphatic heterocycles. The van der Waals surface area contributed by atoms with Crippen LogP contribution >= 0.6 is 0 Å². The van der Waals surface area contributed by atoms with Crippen LogP contribution in [0.25, 0.3) is 0 Å². The predicted molar refractivity (Wildman–Crippen MR) is 49.4 cm³/mol. The molecule has 0 radical (unpaired) electrons. The van der Waals surface area contributed by atoms with Crippen molar-refractivity contribution in [2.45, 2.75) is 31.9 Å². The molecule has 0 aromatic rings. The highest BCUT2D eigenvalue weighted by Crippen LogP contribution is 2.34. The molecule has 0 N–H and O–H groups in total. The molecule has 12 heavy (non-hydrogen) atoms. The van der Waals surface area contributed by atoms with Crippen molar-refractivity contribution in [1.29, 1.82) is 0 Å². The van der Waals surface area contributed by atoms with Gasteiger partial charge >= 0.3 is 0 Å². The van der Waals surface area contributed by atoms with Crippen LogP contribution in [-0.4, -0.2) is 31.1 Å².